The van der Waals surface area contributed by atoms with Gasteiger partial charge in [-0.2, -0.15) is 0 Å². The third kappa shape index (κ3) is 2.52. The third-order valence-electron chi connectivity index (χ3n) is 5.33. The molecule has 2 aromatic heterocycles. The molecule has 1 aliphatic carbocycles. The van der Waals surface area contributed by atoms with Gasteiger partial charge in [-0.05, 0) is 46.6 Å². The summed E-state index contributed by atoms with van der Waals surface area (Å²) in [6.45, 7) is 4.37. The van der Waals surface area contributed by atoms with Gasteiger partial charge in [0.15, 0.2) is 5.65 Å². The lowest BCUT2D eigenvalue weighted by Crippen LogP contribution is -2.21. The molecule has 140 valence electrons. The van der Waals surface area contributed by atoms with Crippen LogP contribution in [0.25, 0.3) is 33.7 Å². The molecule has 0 spiro atoms. The second-order valence-corrected chi connectivity index (χ2v) is 7.77. The normalized spacial score (nSPS) is 12.5. The Hall–Kier alpha value is -3.41. The zero-order chi connectivity index (χ0) is 19.4. The van der Waals surface area contributed by atoms with E-state index >= 15 is 0 Å². The van der Waals surface area contributed by atoms with Crippen molar-refractivity contribution in [2.24, 2.45) is 5.92 Å². The van der Waals surface area contributed by atoms with Crippen LogP contribution in [0.2, 0.25) is 0 Å². The molecular formula is C22H20N4O2. The molecule has 0 fully saturated rings. The summed E-state index contributed by atoms with van der Waals surface area (Å²) >= 11 is 0. The molecule has 6 nitrogen and oxygen atoms in total. The highest BCUT2D eigenvalue weighted by Crippen LogP contribution is 2.43. The summed E-state index contributed by atoms with van der Waals surface area (Å²) in [6.07, 6.45) is 1.74. The number of nitrogens with one attached hydrogen (secondary N) is 3. The number of hydrogen-bond acceptors (Lipinski definition) is 3. The van der Waals surface area contributed by atoms with E-state index in [0.29, 0.717) is 17.3 Å². The van der Waals surface area contributed by atoms with Crippen LogP contribution in [0.1, 0.15) is 30.5 Å². The van der Waals surface area contributed by atoms with Crippen molar-refractivity contribution in [3.8, 4) is 22.5 Å². The van der Waals surface area contributed by atoms with E-state index in [2.05, 4.69) is 70.2 Å². The number of fused-ring (bicyclic) bond motifs is 4. The fourth-order valence-corrected chi connectivity index (χ4v) is 4.22. The Bertz CT molecular complexity index is 1340. The summed E-state index contributed by atoms with van der Waals surface area (Å²) in [5, 5.41) is 0. The van der Waals surface area contributed by atoms with Crippen LogP contribution in [0.4, 0.5) is 0 Å². The van der Waals surface area contributed by atoms with Crippen molar-refractivity contribution in [1.82, 2.24) is 19.9 Å². The van der Waals surface area contributed by atoms with Crippen LogP contribution >= 0.6 is 0 Å². The molecule has 0 saturated carbocycles. The number of benzene rings is 2. The molecule has 0 unspecified atom stereocenters. The van der Waals surface area contributed by atoms with E-state index in [0.717, 1.165) is 18.4 Å². The molecule has 0 aliphatic heterocycles. The molecule has 5 rings (SSSR count). The predicted octanol–water partition coefficient (Wildman–Crippen LogP) is 3.38. The van der Waals surface area contributed by atoms with E-state index < -0.39 is 11.2 Å². The summed E-state index contributed by atoms with van der Waals surface area (Å²) in [6, 6.07) is 12.8. The molecule has 1 aliphatic rings. The van der Waals surface area contributed by atoms with E-state index in [1.54, 1.807) is 0 Å². The molecule has 3 N–H and O–H groups in total. The lowest BCUT2D eigenvalue weighted by Gasteiger charge is -2.15. The monoisotopic (exact) mass is 372 g/mol. The average molecular weight is 372 g/mol. The van der Waals surface area contributed by atoms with Gasteiger partial charge in [0.05, 0.1) is 0 Å². The topological polar surface area (TPSA) is 94.4 Å². The number of aromatic amines is 3. The SMILES string of the molecule is CC(C)Cc1ccc2c(c1-c1nc3[nH]c(=O)[nH]c(=O)c3[nH]1)Cc1ccccc1-2. The maximum Gasteiger partial charge on any atom is 0.327 e. The van der Waals surface area contributed by atoms with Gasteiger partial charge in [0.25, 0.3) is 5.56 Å². The fraction of sp³-hybridized carbons (Fsp3) is 0.227. The Morgan fingerprint density at radius 1 is 1.00 bits per heavy atom. The van der Waals surface area contributed by atoms with Crippen LogP contribution in [0.5, 0.6) is 0 Å². The second-order valence-electron chi connectivity index (χ2n) is 7.77. The van der Waals surface area contributed by atoms with Gasteiger partial charge in [-0.1, -0.05) is 50.2 Å². The molecule has 0 bridgehead atoms. The van der Waals surface area contributed by atoms with Crippen molar-refractivity contribution in [3.63, 3.8) is 0 Å². The molecule has 2 aromatic carbocycles. The Kier molecular flexibility index (Phi) is 3.62. The van der Waals surface area contributed by atoms with Crippen molar-refractivity contribution in [2.45, 2.75) is 26.7 Å². The van der Waals surface area contributed by atoms with E-state index in [-0.39, 0.29) is 5.65 Å². The van der Waals surface area contributed by atoms with Crippen molar-refractivity contribution >= 4 is 11.2 Å². The van der Waals surface area contributed by atoms with E-state index in [4.69, 9.17) is 0 Å². The molecule has 0 radical (unpaired) electrons. The van der Waals surface area contributed by atoms with Crippen molar-refractivity contribution in [3.05, 3.63) is 73.9 Å². The maximum atomic E-state index is 12.2. The van der Waals surface area contributed by atoms with Gasteiger partial charge < -0.3 is 4.98 Å². The first kappa shape index (κ1) is 16.7. The lowest BCUT2D eigenvalue weighted by molar-refractivity contribution is 0.647. The minimum atomic E-state index is -0.552. The maximum absolute atomic E-state index is 12.2. The van der Waals surface area contributed by atoms with E-state index in [1.807, 2.05) is 0 Å². The summed E-state index contributed by atoms with van der Waals surface area (Å²) in [5.74, 6) is 1.11. The zero-order valence-corrected chi connectivity index (χ0v) is 15.7. The van der Waals surface area contributed by atoms with Gasteiger partial charge in [0.2, 0.25) is 0 Å². The summed E-state index contributed by atoms with van der Waals surface area (Å²) in [5.41, 5.74) is 6.77. The summed E-state index contributed by atoms with van der Waals surface area (Å²) < 4.78 is 0. The van der Waals surface area contributed by atoms with Crippen LogP contribution < -0.4 is 11.2 Å². The van der Waals surface area contributed by atoms with Gasteiger partial charge in [0, 0.05) is 5.56 Å². The van der Waals surface area contributed by atoms with Gasteiger partial charge in [0.1, 0.15) is 11.3 Å². The summed E-state index contributed by atoms with van der Waals surface area (Å²) in [4.78, 5) is 36.4. The number of aromatic nitrogens is 4. The first-order chi connectivity index (χ1) is 13.5. The average Bonchev–Trinajstić information content (AvgIpc) is 3.22. The number of hydrogen-bond donors (Lipinski definition) is 3. The number of H-pyrrole nitrogens is 3. The molecule has 4 aromatic rings. The van der Waals surface area contributed by atoms with Crippen LogP contribution in [-0.4, -0.2) is 19.9 Å². The second kappa shape index (κ2) is 6.05. The van der Waals surface area contributed by atoms with Gasteiger partial charge >= 0.3 is 5.69 Å². The molecule has 28 heavy (non-hydrogen) atoms. The van der Waals surface area contributed by atoms with E-state index in [1.165, 1.54) is 27.8 Å². The van der Waals surface area contributed by atoms with Crippen molar-refractivity contribution in [2.75, 3.05) is 0 Å². The van der Waals surface area contributed by atoms with Gasteiger partial charge in [-0.15, -0.1) is 0 Å². The van der Waals surface area contributed by atoms with Crippen LogP contribution in [0.3, 0.4) is 0 Å². The predicted molar refractivity (Wildman–Crippen MR) is 110 cm³/mol. The smallest absolute Gasteiger partial charge is 0.327 e. The minimum Gasteiger partial charge on any atom is -0.332 e. The highest BCUT2D eigenvalue weighted by atomic mass is 16.2. The van der Waals surface area contributed by atoms with Crippen LogP contribution in [0.15, 0.2) is 46.0 Å². The molecule has 0 saturated heterocycles. The Morgan fingerprint density at radius 2 is 1.82 bits per heavy atom. The quantitative estimate of drug-likeness (QED) is 0.453. The highest BCUT2D eigenvalue weighted by Gasteiger charge is 2.25. The number of nitrogens with zero attached hydrogens (tertiary/aromatic N) is 1. The highest BCUT2D eigenvalue weighted by molar-refractivity contribution is 5.86. The number of rotatable bonds is 3. The Labute approximate surface area is 160 Å². The fourth-order valence-electron chi connectivity index (χ4n) is 4.22. The van der Waals surface area contributed by atoms with Crippen LogP contribution in [0, 0.1) is 5.92 Å². The van der Waals surface area contributed by atoms with Crippen LogP contribution in [-0.2, 0) is 12.8 Å². The standard InChI is InChI=1S/C22H20N4O2/c1-11(2)9-13-7-8-15-14-6-4-3-5-12(14)10-16(15)17(13)19-23-18-20(24-19)25-22(28)26-21(18)27/h3-8,11H,9-10H2,1-2H3,(H3,23,24,25,26,27,28). The lowest BCUT2D eigenvalue weighted by atomic mass is 9.91. The largest absolute Gasteiger partial charge is 0.332 e. The van der Waals surface area contributed by atoms with Gasteiger partial charge in [-0.25, -0.2) is 9.78 Å². The Morgan fingerprint density at radius 3 is 2.64 bits per heavy atom. The first-order valence-corrected chi connectivity index (χ1v) is 9.47. The zero-order valence-electron chi connectivity index (χ0n) is 15.7. The molecular weight excluding hydrogens is 352 g/mol. The van der Waals surface area contributed by atoms with Crippen molar-refractivity contribution < 1.29 is 0 Å². The molecule has 0 amide bonds. The van der Waals surface area contributed by atoms with Crippen molar-refractivity contribution in [1.29, 1.82) is 0 Å². The molecule has 6 heteroatoms. The third-order valence-corrected chi connectivity index (χ3v) is 5.33. The molecule has 0 atom stereocenters. The first-order valence-electron chi connectivity index (χ1n) is 9.47. The summed E-state index contributed by atoms with van der Waals surface area (Å²) in [7, 11) is 0. The number of imidazole rings is 1. The minimum absolute atomic E-state index is 0.285. The molecule has 2 heterocycles. The Balaban J connectivity index is 1.80. The van der Waals surface area contributed by atoms with Gasteiger partial charge in [-0.3, -0.25) is 14.8 Å². The van der Waals surface area contributed by atoms with E-state index in [9.17, 15) is 9.59 Å².